The number of hydrogen-bond donors (Lipinski definition) is 0. The van der Waals surface area contributed by atoms with Crippen LogP contribution >= 0.6 is 11.6 Å². The zero-order valence-corrected chi connectivity index (χ0v) is 9.39. The van der Waals surface area contributed by atoms with Crippen LogP contribution in [-0.4, -0.2) is 10.1 Å². The highest BCUT2D eigenvalue weighted by atomic mass is 35.5. The second kappa shape index (κ2) is 3.91. The van der Waals surface area contributed by atoms with E-state index in [9.17, 15) is 0 Å². The average molecular weight is 235 g/mol. The summed E-state index contributed by atoms with van der Waals surface area (Å²) in [5.74, 6) is 1.79. The summed E-state index contributed by atoms with van der Waals surface area (Å²) in [7, 11) is 0. The first-order valence-corrected chi connectivity index (χ1v) is 5.81. The van der Waals surface area contributed by atoms with Gasteiger partial charge in [0, 0.05) is 5.92 Å². The van der Waals surface area contributed by atoms with Crippen LogP contribution in [0, 0.1) is 0 Å². The van der Waals surface area contributed by atoms with E-state index in [1.807, 2.05) is 30.3 Å². The predicted octanol–water partition coefficient (Wildman–Crippen LogP) is 3.28. The van der Waals surface area contributed by atoms with Gasteiger partial charge in [0.05, 0.1) is 0 Å². The molecule has 16 heavy (non-hydrogen) atoms. The standard InChI is InChI=1S/C12H11ClN2O/c13-10(8-4-2-1-3-5-8)12-14-11(15-16-12)9-6-7-9/h1-5,9-10H,6-7H2. The SMILES string of the molecule is ClC(c1ccccc1)c1nc(C2CC2)no1. The van der Waals surface area contributed by atoms with Crippen LogP contribution in [0.15, 0.2) is 34.9 Å². The maximum Gasteiger partial charge on any atom is 0.249 e. The van der Waals surface area contributed by atoms with Crippen molar-refractivity contribution >= 4 is 11.6 Å². The van der Waals surface area contributed by atoms with E-state index < -0.39 is 0 Å². The third kappa shape index (κ3) is 1.83. The maximum atomic E-state index is 6.27. The minimum Gasteiger partial charge on any atom is -0.337 e. The molecule has 4 heteroatoms. The summed E-state index contributed by atoms with van der Waals surface area (Å²) in [6, 6.07) is 9.76. The van der Waals surface area contributed by atoms with E-state index in [2.05, 4.69) is 10.1 Å². The van der Waals surface area contributed by atoms with E-state index in [-0.39, 0.29) is 5.38 Å². The molecule has 1 aliphatic carbocycles. The Kier molecular flexibility index (Phi) is 2.40. The molecule has 82 valence electrons. The summed E-state index contributed by atoms with van der Waals surface area (Å²) in [5, 5.41) is 3.61. The molecule has 1 saturated carbocycles. The third-order valence-corrected chi connectivity index (χ3v) is 3.15. The quantitative estimate of drug-likeness (QED) is 0.765. The Bertz CT molecular complexity index is 479. The van der Waals surface area contributed by atoms with Gasteiger partial charge >= 0.3 is 0 Å². The van der Waals surface area contributed by atoms with Gasteiger partial charge in [0.15, 0.2) is 5.82 Å². The third-order valence-electron chi connectivity index (χ3n) is 2.71. The minimum absolute atomic E-state index is 0.346. The van der Waals surface area contributed by atoms with E-state index in [1.54, 1.807) is 0 Å². The molecule has 1 aliphatic rings. The number of alkyl halides is 1. The molecule has 1 unspecified atom stereocenters. The van der Waals surface area contributed by atoms with Gasteiger partial charge in [-0.05, 0) is 18.4 Å². The molecule has 0 N–H and O–H groups in total. The van der Waals surface area contributed by atoms with E-state index in [0.717, 1.165) is 24.2 Å². The number of nitrogens with zero attached hydrogens (tertiary/aromatic N) is 2. The first kappa shape index (κ1) is 9.85. The lowest BCUT2D eigenvalue weighted by atomic mass is 10.1. The van der Waals surface area contributed by atoms with Crippen molar-refractivity contribution in [2.45, 2.75) is 24.1 Å². The normalized spacial score (nSPS) is 17.3. The maximum absolute atomic E-state index is 6.27. The summed E-state index contributed by atoms with van der Waals surface area (Å²) < 4.78 is 5.19. The largest absolute Gasteiger partial charge is 0.337 e. The van der Waals surface area contributed by atoms with Crippen LogP contribution in [0.25, 0.3) is 0 Å². The highest BCUT2D eigenvalue weighted by Crippen LogP contribution is 2.39. The molecule has 0 radical (unpaired) electrons. The lowest BCUT2D eigenvalue weighted by Crippen LogP contribution is -1.93. The molecule has 0 aliphatic heterocycles. The monoisotopic (exact) mass is 234 g/mol. The van der Waals surface area contributed by atoms with Gasteiger partial charge in [-0.15, -0.1) is 11.6 Å². The van der Waals surface area contributed by atoms with E-state index >= 15 is 0 Å². The van der Waals surface area contributed by atoms with Gasteiger partial charge in [-0.3, -0.25) is 0 Å². The van der Waals surface area contributed by atoms with Crippen LogP contribution in [0.4, 0.5) is 0 Å². The summed E-state index contributed by atoms with van der Waals surface area (Å²) in [4.78, 5) is 4.34. The number of aromatic nitrogens is 2. The zero-order chi connectivity index (χ0) is 11.0. The number of hydrogen-bond acceptors (Lipinski definition) is 3. The first-order valence-electron chi connectivity index (χ1n) is 5.37. The van der Waals surface area contributed by atoms with Crippen molar-refractivity contribution in [2.75, 3.05) is 0 Å². The molecule has 0 spiro atoms. The Labute approximate surface area is 98.4 Å². The smallest absolute Gasteiger partial charge is 0.249 e. The number of benzene rings is 1. The van der Waals surface area contributed by atoms with Crippen molar-refractivity contribution in [1.82, 2.24) is 10.1 Å². The van der Waals surface area contributed by atoms with E-state index in [4.69, 9.17) is 16.1 Å². The second-order valence-electron chi connectivity index (χ2n) is 4.04. The Hall–Kier alpha value is -1.35. The molecule has 1 fully saturated rings. The summed E-state index contributed by atoms with van der Waals surface area (Å²) in [6.45, 7) is 0. The Balaban J connectivity index is 1.85. The first-order chi connectivity index (χ1) is 7.84. The zero-order valence-electron chi connectivity index (χ0n) is 8.64. The topological polar surface area (TPSA) is 38.9 Å². The van der Waals surface area contributed by atoms with Crippen molar-refractivity contribution < 1.29 is 4.52 Å². The fourth-order valence-corrected chi connectivity index (χ4v) is 1.86. The van der Waals surface area contributed by atoms with Crippen molar-refractivity contribution in [3.8, 4) is 0 Å². The Morgan fingerprint density at radius 1 is 1.25 bits per heavy atom. The summed E-state index contributed by atoms with van der Waals surface area (Å²) in [5.41, 5.74) is 0.982. The molecular weight excluding hydrogens is 224 g/mol. The van der Waals surface area contributed by atoms with Gasteiger partial charge in [0.25, 0.3) is 0 Å². The van der Waals surface area contributed by atoms with Gasteiger partial charge in [0.1, 0.15) is 5.38 Å². The average Bonchev–Trinajstić information content (AvgIpc) is 3.08. The molecule has 3 rings (SSSR count). The van der Waals surface area contributed by atoms with Crippen molar-refractivity contribution in [3.05, 3.63) is 47.6 Å². The molecule has 2 aromatic rings. The lowest BCUT2D eigenvalue weighted by molar-refractivity contribution is 0.377. The van der Waals surface area contributed by atoms with Crippen LogP contribution in [-0.2, 0) is 0 Å². The van der Waals surface area contributed by atoms with Crippen LogP contribution in [0.1, 0.15) is 41.4 Å². The predicted molar refractivity (Wildman–Crippen MR) is 60.4 cm³/mol. The molecule has 0 bridgehead atoms. The Morgan fingerprint density at radius 2 is 2.00 bits per heavy atom. The van der Waals surface area contributed by atoms with Crippen LogP contribution < -0.4 is 0 Å². The Morgan fingerprint density at radius 3 is 2.69 bits per heavy atom. The second-order valence-corrected chi connectivity index (χ2v) is 4.47. The van der Waals surface area contributed by atoms with E-state index in [0.29, 0.717) is 11.8 Å². The van der Waals surface area contributed by atoms with Crippen LogP contribution in [0.2, 0.25) is 0 Å². The highest BCUT2D eigenvalue weighted by molar-refractivity contribution is 6.22. The molecule has 1 aromatic heterocycles. The van der Waals surface area contributed by atoms with Crippen molar-refractivity contribution in [3.63, 3.8) is 0 Å². The molecule has 1 atom stereocenters. The molecule has 1 aromatic carbocycles. The van der Waals surface area contributed by atoms with Crippen molar-refractivity contribution in [1.29, 1.82) is 0 Å². The van der Waals surface area contributed by atoms with E-state index in [1.165, 1.54) is 0 Å². The van der Waals surface area contributed by atoms with Crippen LogP contribution in [0.3, 0.4) is 0 Å². The number of rotatable bonds is 3. The molecule has 1 heterocycles. The molecule has 3 nitrogen and oxygen atoms in total. The molecule has 0 amide bonds. The van der Waals surface area contributed by atoms with Gasteiger partial charge < -0.3 is 4.52 Å². The number of halogens is 1. The lowest BCUT2D eigenvalue weighted by Gasteiger charge is -2.03. The highest BCUT2D eigenvalue weighted by Gasteiger charge is 2.30. The fourth-order valence-electron chi connectivity index (χ4n) is 1.62. The van der Waals surface area contributed by atoms with Gasteiger partial charge in [-0.2, -0.15) is 4.98 Å². The van der Waals surface area contributed by atoms with Gasteiger partial charge in [-0.25, -0.2) is 0 Å². The minimum atomic E-state index is -0.346. The van der Waals surface area contributed by atoms with Crippen molar-refractivity contribution in [2.24, 2.45) is 0 Å². The van der Waals surface area contributed by atoms with Gasteiger partial charge in [0.2, 0.25) is 5.89 Å². The fraction of sp³-hybridized carbons (Fsp3) is 0.333. The van der Waals surface area contributed by atoms with Gasteiger partial charge in [-0.1, -0.05) is 35.5 Å². The van der Waals surface area contributed by atoms with Crippen LogP contribution in [0.5, 0.6) is 0 Å². The molecule has 0 saturated heterocycles. The molecular formula is C12H11ClN2O. The summed E-state index contributed by atoms with van der Waals surface area (Å²) >= 11 is 6.27. The summed E-state index contributed by atoms with van der Waals surface area (Å²) in [6.07, 6.45) is 2.33.